The maximum Gasteiger partial charge on any atom is 0.335 e. The minimum absolute atomic E-state index is 0.258. The Morgan fingerprint density at radius 3 is 2.90 bits per heavy atom. The van der Waals surface area contributed by atoms with Crippen molar-refractivity contribution in [2.45, 2.75) is 26.3 Å². The molecule has 21 heavy (non-hydrogen) atoms. The highest BCUT2D eigenvalue weighted by molar-refractivity contribution is 5.92. The van der Waals surface area contributed by atoms with Crippen molar-refractivity contribution in [3.05, 3.63) is 53.7 Å². The van der Waals surface area contributed by atoms with Crippen LogP contribution in [0.5, 0.6) is 0 Å². The Morgan fingerprint density at radius 2 is 2.24 bits per heavy atom. The van der Waals surface area contributed by atoms with Gasteiger partial charge in [-0.3, -0.25) is 0 Å². The SMILES string of the molecule is CCCc1nc2cc(C(=O)O)ccc2n1Cc1ccco1. The van der Waals surface area contributed by atoms with Gasteiger partial charge in [-0.1, -0.05) is 6.92 Å². The van der Waals surface area contributed by atoms with E-state index in [1.165, 1.54) is 0 Å². The number of furan rings is 1. The highest BCUT2D eigenvalue weighted by atomic mass is 16.4. The van der Waals surface area contributed by atoms with Gasteiger partial charge in [0.2, 0.25) is 0 Å². The second-order valence-corrected chi connectivity index (χ2v) is 4.95. The number of nitrogens with zero attached hydrogens (tertiary/aromatic N) is 2. The zero-order valence-corrected chi connectivity index (χ0v) is 11.7. The molecule has 5 nitrogen and oxygen atoms in total. The van der Waals surface area contributed by atoms with Gasteiger partial charge >= 0.3 is 5.97 Å². The molecule has 0 aliphatic carbocycles. The van der Waals surface area contributed by atoms with Crippen LogP contribution >= 0.6 is 0 Å². The summed E-state index contributed by atoms with van der Waals surface area (Å²) in [6, 6.07) is 8.83. The fraction of sp³-hybridized carbons (Fsp3) is 0.250. The lowest BCUT2D eigenvalue weighted by Crippen LogP contribution is -2.04. The number of aromatic carboxylic acids is 1. The summed E-state index contributed by atoms with van der Waals surface area (Å²) in [5.74, 6) is 0.870. The molecule has 0 radical (unpaired) electrons. The Kier molecular flexibility index (Phi) is 3.48. The molecule has 3 aromatic rings. The molecule has 2 aromatic heterocycles. The summed E-state index contributed by atoms with van der Waals surface area (Å²) in [6.07, 6.45) is 3.47. The second-order valence-electron chi connectivity index (χ2n) is 4.95. The van der Waals surface area contributed by atoms with Crippen molar-refractivity contribution in [2.75, 3.05) is 0 Å². The van der Waals surface area contributed by atoms with Crippen molar-refractivity contribution in [3.8, 4) is 0 Å². The Balaban J connectivity index is 2.10. The molecule has 0 atom stereocenters. The molecule has 0 aliphatic rings. The summed E-state index contributed by atoms with van der Waals surface area (Å²) >= 11 is 0. The minimum Gasteiger partial charge on any atom is -0.478 e. The smallest absolute Gasteiger partial charge is 0.335 e. The number of aromatic nitrogens is 2. The van der Waals surface area contributed by atoms with Gasteiger partial charge in [-0.2, -0.15) is 0 Å². The number of rotatable bonds is 5. The van der Waals surface area contributed by atoms with E-state index in [1.807, 2.05) is 18.2 Å². The normalized spacial score (nSPS) is 11.1. The lowest BCUT2D eigenvalue weighted by atomic mass is 10.2. The predicted octanol–water partition coefficient (Wildman–Crippen LogP) is 3.33. The van der Waals surface area contributed by atoms with E-state index in [1.54, 1.807) is 18.4 Å². The summed E-state index contributed by atoms with van der Waals surface area (Å²) in [7, 11) is 0. The fourth-order valence-electron chi connectivity index (χ4n) is 2.46. The number of carbonyl (C=O) groups is 1. The van der Waals surface area contributed by atoms with E-state index in [0.29, 0.717) is 12.1 Å². The zero-order valence-electron chi connectivity index (χ0n) is 11.7. The van der Waals surface area contributed by atoms with Crippen LogP contribution < -0.4 is 0 Å². The van der Waals surface area contributed by atoms with E-state index in [-0.39, 0.29) is 5.56 Å². The highest BCUT2D eigenvalue weighted by Gasteiger charge is 2.13. The summed E-state index contributed by atoms with van der Waals surface area (Å²) in [6.45, 7) is 2.70. The maximum absolute atomic E-state index is 11.1. The first kappa shape index (κ1) is 13.4. The van der Waals surface area contributed by atoms with E-state index in [4.69, 9.17) is 9.52 Å². The topological polar surface area (TPSA) is 68.3 Å². The summed E-state index contributed by atoms with van der Waals surface area (Å²) < 4.78 is 7.49. The molecule has 0 unspecified atom stereocenters. The average molecular weight is 284 g/mol. The van der Waals surface area contributed by atoms with E-state index in [0.717, 1.165) is 29.9 Å². The lowest BCUT2D eigenvalue weighted by molar-refractivity contribution is 0.0697. The molecule has 1 N–H and O–H groups in total. The van der Waals surface area contributed by atoms with Gasteiger partial charge in [-0.05, 0) is 36.8 Å². The maximum atomic E-state index is 11.1. The van der Waals surface area contributed by atoms with Crippen molar-refractivity contribution in [2.24, 2.45) is 0 Å². The molecule has 1 aromatic carbocycles. The summed E-state index contributed by atoms with van der Waals surface area (Å²) in [4.78, 5) is 15.7. The first-order chi connectivity index (χ1) is 10.2. The van der Waals surface area contributed by atoms with Crippen molar-refractivity contribution in [1.82, 2.24) is 9.55 Å². The monoisotopic (exact) mass is 284 g/mol. The first-order valence-electron chi connectivity index (χ1n) is 6.94. The van der Waals surface area contributed by atoms with Crippen LogP contribution in [0.25, 0.3) is 11.0 Å². The molecule has 3 rings (SSSR count). The molecule has 0 saturated heterocycles. The molecule has 0 aliphatic heterocycles. The number of carboxylic acid groups (broad SMARTS) is 1. The first-order valence-corrected chi connectivity index (χ1v) is 6.94. The van der Waals surface area contributed by atoms with Crippen molar-refractivity contribution in [1.29, 1.82) is 0 Å². The Hall–Kier alpha value is -2.56. The third-order valence-corrected chi connectivity index (χ3v) is 3.44. The van der Waals surface area contributed by atoms with Gasteiger partial charge in [0.15, 0.2) is 0 Å². The van der Waals surface area contributed by atoms with E-state index in [9.17, 15) is 4.79 Å². The van der Waals surface area contributed by atoms with Crippen LogP contribution in [0.2, 0.25) is 0 Å². The minimum atomic E-state index is -0.936. The van der Waals surface area contributed by atoms with Crippen LogP contribution in [0.15, 0.2) is 41.0 Å². The van der Waals surface area contributed by atoms with Gasteiger partial charge < -0.3 is 14.1 Å². The fourth-order valence-corrected chi connectivity index (χ4v) is 2.46. The largest absolute Gasteiger partial charge is 0.478 e. The van der Waals surface area contributed by atoms with Gasteiger partial charge in [-0.15, -0.1) is 0 Å². The van der Waals surface area contributed by atoms with Gasteiger partial charge in [0.25, 0.3) is 0 Å². The highest BCUT2D eigenvalue weighted by Crippen LogP contribution is 2.21. The van der Waals surface area contributed by atoms with Crippen LogP contribution in [-0.4, -0.2) is 20.6 Å². The zero-order chi connectivity index (χ0) is 14.8. The number of fused-ring (bicyclic) bond motifs is 1. The van der Waals surface area contributed by atoms with E-state index in [2.05, 4.69) is 16.5 Å². The Labute approximate surface area is 121 Å². The van der Waals surface area contributed by atoms with Crippen LogP contribution in [0.3, 0.4) is 0 Å². The number of hydrogen-bond acceptors (Lipinski definition) is 3. The molecular formula is C16H16N2O3. The Bertz CT molecular complexity index is 772. The van der Waals surface area contributed by atoms with Gasteiger partial charge in [0, 0.05) is 6.42 Å². The number of aryl methyl sites for hydroxylation is 1. The second kappa shape index (κ2) is 5.44. The average Bonchev–Trinajstić information content (AvgIpc) is 3.08. The molecule has 0 amide bonds. The molecule has 0 fully saturated rings. The van der Waals surface area contributed by atoms with Crippen molar-refractivity contribution < 1.29 is 14.3 Å². The molecule has 0 bridgehead atoms. The van der Waals surface area contributed by atoms with Gasteiger partial charge in [0.1, 0.15) is 11.6 Å². The van der Waals surface area contributed by atoms with Gasteiger partial charge in [-0.25, -0.2) is 9.78 Å². The number of hydrogen-bond donors (Lipinski definition) is 1. The van der Waals surface area contributed by atoms with Crippen LogP contribution in [0, 0.1) is 0 Å². The van der Waals surface area contributed by atoms with Crippen molar-refractivity contribution in [3.63, 3.8) is 0 Å². The van der Waals surface area contributed by atoms with Crippen LogP contribution in [-0.2, 0) is 13.0 Å². The third-order valence-electron chi connectivity index (χ3n) is 3.44. The summed E-state index contributed by atoms with van der Waals surface area (Å²) in [5, 5.41) is 9.08. The van der Waals surface area contributed by atoms with Gasteiger partial charge in [0.05, 0.1) is 29.4 Å². The predicted molar refractivity (Wildman–Crippen MR) is 78.5 cm³/mol. The molecule has 0 saturated carbocycles. The lowest BCUT2D eigenvalue weighted by Gasteiger charge is -2.06. The summed E-state index contributed by atoms with van der Waals surface area (Å²) in [5.41, 5.74) is 1.90. The van der Waals surface area contributed by atoms with Crippen LogP contribution in [0.4, 0.5) is 0 Å². The number of benzene rings is 1. The number of carboxylic acids is 1. The van der Waals surface area contributed by atoms with Crippen molar-refractivity contribution >= 4 is 17.0 Å². The third kappa shape index (κ3) is 2.54. The molecule has 2 heterocycles. The number of imidazole rings is 1. The molecular weight excluding hydrogens is 268 g/mol. The van der Waals surface area contributed by atoms with Crippen LogP contribution in [0.1, 0.15) is 35.3 Å². The molecule has 108 valence electrons. The molecule has 5 heteroatoms. The standard InChI is InChI=1S/C16H16N2O3/c1-2-4-15-17-13-9-11(16(19)20)6-7-14(13)18(15)10-12-5-3-8-21-12/h3,5-9H,2,4,10H2,1H3,(H,19,20). The Morgan fingerprint density at radius 1 is 1.38 bits per heavy atom. The molecule has 0 spiro atoms. The van der Waals surface area contributed by atoms with E-state index < -0.39 is 5.97 Å². The quantitative estimate of drug-likeness (QED) is 0.780. The van der Waals surface area contributed by atoms with E-state index >= 15 is 0 Å².